The van der Waals surface area contributed by atoms with Crippen molar-refractivity contribution in [1.82, 2.24) is 9.29 Å². The zero-order valence-electron chi connectivity index (χ0n) is 15.7. The molecule has 0 bridgehead atoms. The number of benzene rings is 2. The Labute approximate surface area is 178 Å². The number of aryl methyl sites for hydroxylation is 1. The molecule has 0 N–H and O–H groups in total. The summed E-state index contributed by atoms with van der Waals surface area (Å²) in [6.45, 7) is 3.78. The summed E-state index contributed by atoms with van der Waals surface area (Å²) in [6, 6.07) is 11.2. The Balaban J connectivity index is 1.46. The van der Waals surface area contributed by atoms with E-state index in [4.69, 9.17) is 11.6 Å². The Kier molecular flexibility index (Phi) is 5.61. The SMILES string of the molecule is Cc1ccc(S(=O)(=O)N2CCN(c3nc(-c4cc(F)cc(Cl)c4)cs3)CC2)cc1. The highest BCUT2D eigenvalue weighted by molar-refractivity contribution is 7.89. The van der Waals surface area contributed by atoms with Crippen molar-refractivity contribution in [3.63, 3.8) is 0 Å². The first-order valence-electron chi connectivity index (χ1n) is 9.07. The molecule has 2 aromatic carbocycles. The van der Waals surface area contributed by atoms with Gasteiger partial charge in [-0.25, -0.2) is 17.8 Å². The molecule has 1 saturated heterocycles. The summed E-state index contributed by atoms with van der Waals surface area (Å²) in [7, 11) is -3.50. The van der Waals surface area contributed by atoms with Crippen LogP contribution in [0.1, 0.15) is 5.56 Å². The molecule has 1 fully saturated rings. The van der Waals surface area contributed by atoms with Gasteiger partial charge >= 0.3 is 0 Å². The maximum absolute atomic E-state index is 13.6. The minimum atomic E-state index is -3.50. The van der Waals surface area contributed by atoms with E-state index in [1.54, 1.807) is 30.3 Å². The van der Waals surface area contributed by atoms with Crippen LogP contribution < -0.4 is 4.90 Å². The van der Waals surface area contributed by atoms with E-state index < -0.39 is 15.8 Å². The van der Waals surface area contributed by atoms with Crippen LogP contribution >= 0.6 is 22.9 Å². The highest BCUT2D eigenvalue weighted by Crippen LogP contribution is 2.30. The molecule has 0 amide bonds. The lowest BCUT2D eigenvalue weighted by molar-refractivity contribution is 0.385. The summed E-state index contributed by atoms with van der Waals surface area (Å²) in [4.78, 5) is 6.96. The quantitative estimate of drug-likeness (QED) is 0.589. The smallest absolute Gasteiger partial charge is 0.243 e. The summed E-state index contributed by atoms with van der Waals surface area (Å²) in [5.41, 5.74) is 2.30. The Hall–Kier alpha value is -2.00. The van der Waals surface area contributed by atoms with Gasteiger partial charge in [0.15, 0.2) is 5.13 Å². The van der Waals surface area contributed by atoms with Gasteiger partial charge in [0.2, 0.25) is 10.0 Å². The monoisotopic (exact) mass is 451 g/mol. The fourth-order valence-electron chi connectivity index (χ4n) is 3.22. The number of rotatable bonds is 4. The molecule has 1 aromatic heterocycles. The molecule has 0 unspecified atom stereocenters. The molecule has 5 nitrogen and oxygen atoms in total. The first-order valence-corrected chi connectivity index (χ1v) is 11.8. The number of nitrogens with zero attached hydrogens (tertiary/aromatic N) is 3. The molecule has 0 radical (unpaired) electrons. The van der Waals surface area contributed by atoms with Gasteiger partial charge in [0.05, 0.1) is 10.6 Å². The Morgan fingerprint density at radius 1 is 1.07 bits per heavy atom. The minimum absolute atomic E-state index is 0.316. The summed E-state index contributed by atoms with van der Waals surface area (Å²) >= 11 is 7.39. The predicted octanol–water partition coefficient (Wildman–Crippen LogP) is 4.42. The van der Waals surface area contributed by atoms with Gasteiger partial charge in [-0.2, -0.15) is 4.31 Å². The number of hydrogen-bond acceptors (Lipinski definition) is 5. The molecule has 3 aromatic rings. The van der Waals surface area contributed by atoms with Gasteiger partial charge in [-0.3, -0.25) is 0 Å². The molecule has 1 aliphatic heterocycles. The van der Waals surface area contributed by atoms with E-state index in [-0.39, 0.29) is 0 Å². The molecule has 29 heavy (non-hydrogen) atoms. The first-order chi connectivity index (χ1) is 13.8. The molecule has 0 atom stereocenters. The van der Waals surface area contributed by atoms with Crippen molar-refractivity contribution in [2.45, 2.75) is 11.8 Å². The molecule has 0 saturated carbocycles. The molecular formula is C20H19ClFN3O2S2. The van der Waals surface area contributed by atoms with E-state index in [9.17, 15) is 12.8 Å². The van der Waals surface area contributed by atoms with Crippen LogP contribution in [0.2, 0.25) is 5.02 Å². The van der Waals surface area contributed by atoms with Crippen LogP contribution in [-0.4, -0.2) is 43.9 Å². The molecule has 9 heteroatoms. The van der Waals surface area contributed by atoms with Crippen molar-refractivity contribution in [2.75, 3.05) is 31.1 Å². The molecule has 0 spiro atoms. The Morgan fingerprint density at radius 3 is 2.41 bits per heavy atom. The standard InChI is InChI=1S/C20H19ClFN3O2S2/c1-14-2-4-18(5-3-14)29(26,27)25-8-6-24(7-9-25)20-23-19(13-28-20)15-10-16(21)12-17(22)11-15/h2-5,10-13H,6-9H2,1H3. The maximum atomic E-state index is 13.6. The van der Waals surface area contributed by atoms with Crippen LogP contribution in [0.25, 0.3) is 11.3 Å². The van der Waals surface area contributed by atoms with E-state index >= 15 is 0 Å². The van der Waals surface area contributed by atoms with Crippen LogP contribution in [-0.2, 0) is 10.0 Å². The fraction of sp³-hybridized carbons (Fsp3) is 0.250. The van der Waals surface area contributed by atoms with Crippen molar-refractivity contribution in [3.05, 3.63) is 64.2 Å². The van der Waals surface area contributed by atoms with Gasteiger partial charge in [-0.15, -0.1) is 11.3 Å². The summed E-state index contributed by atoms with van der Waals surface area (Å²) in [5.74, 6) is -0.406. The lowest BCUT2D eigenvalue weighted by Crippen LogP contribution is -2.48. The van der Waals surface area contributed by atoms with E-state index in [0.29, 0.717) is 47.4 Å². The highest BCUT2D eigenvalue weighted by atomic mass is 35.5. The van der Waals surface area contributed by atoms with Gasteiger partial charge in [-0.05, 0) is 37.3 Å². The van der Waals surface area contributed by atoms with E-state index in [1.807, 2.05) is 12.3 Å². The number of hydrogen-bond donors (Lipinski definition) is 0. The van der Waals surface area contributed by atoms with Crippen LogP contribution in [0.5, 0.6) is 0 Å². The average Bonchev–Trinajstić information content (AvgIpc) is 3.18. The van der Waals surface area contributed by atoms with Gasteiger partial charge in [0.1, 0.15) is 5.82 Å². The van der Waals surface area contributed by atoms with Gasteiger partial charge in [0, 0.05) is 42.1 Å². The van der Waals surface area contributed by atoms with Crippen molar-refractivity contribution in [1.29, 1.82) is 0 Å². The van der Waals surface area contributed by atoms with E-state index in [1.165, 1.54) is 27.8 Å². The summed E-state index contributed by atoms with van der Waals surface area (Å²) in [5, 5.41) is 2.97. The van der Waals surface area contributed by atoms with E-state index in [2.05, 4.69) is 9.88 Å². The summed E-state index contributed by atoms with van der Waals surface area (Å²) in [6.07, 6.45) is 0. The number of anilines is 1. The molecule has 4 rings (SSSR count). The van der Waals surface area contributed by atoms with Crippen molar-refractivity contribution in [3.8, 4) is 11.3 Å². The van der Waals surface area contributed by atoms with Crippen molar-refractivity contribution in [2.24, 2.45) is 0 Å². The molecule has 152 valence electrons. The maximum Gasteiger partial charge on any atom is 0.243 e. The number of sulfonamides is 1. The van der Waals surface area contributed by atoms with Crippen LogP contribution in [0.15, 0.2) is 52.7 Å². The van der Waals surface area contributed by atoms with Crippen molar-refractivity contribution >= 4 is 38.1 Å². The average molecular weight is 452 g/mol. The third-order valence-corrected chi connectivity index (χ3v) is 7.85. The van der Waals surface area contributed by atoms with E-state index in [0.717, 1.165) is 10.7 Å². The number of thiazole rings is 1. The van der Waals surface area contributed by atoms with Gasteiger partial charge in [-0.1, -0.05) is 29.3 Å². The normalized spacial score (nSPS) is 15.6. The first kappa shape index (κ1) is 20.3. The third-order valence-electron chi connectivity index (χ3n) is 4.82. The van der Waals surface area contributed by atoms with Crippen LogP contribution in [0.3, 0.4) is 0 Å². The lowest BCUT2D eigenvalue weighted by atomic mass is 10.2. The topological polar surface area (TPSA) is 53.5 Å². The van der Waals surface area contributed by atoms with Gasteiger partial charge in [0.25, 0.3) is 0 Å². The van der Waals surface area contributed by atoms with Crippen molar-refractivity contribution < 1.29 is 12.8 Å². The minimum Gasteiger partial charge on any atom is -0.345 e. The summed E-state index contributed by atoms with van der Waals surface area (Å²) < 4.78 is 40.8. The number of aromatic nitrogens is 1. The zero-order chi connectivity index (χ0) is 20.6. The molecule has 1 aliphatic rings. The second kappa shape index (κ2) is 8.02. The third kappa shape index (κ3) is 4.30. The zero-order valence-corrected chi connectivity index (χ0v) is 18.1. The van der Waals surface area contributed by atoms with Crippen LogP contribution in [0.4, 0.5) is 9.52 Å². The Bertz CT molecular complexity index is 1100. The molecular weight excluding hydrogens is 433 g/mol. The second-order valence-electron chi connectivity index (χ2n) is 6.88. The number of piperazine rings is 1. The molecule has 2 heterocycles. The molecule has 0 aliphatic carbocycles. The lowest BCUT2D eigenvalue weighted by Gasteiger charge is -2.33. The van der Waals surface area contributed by atoms with Crippen LogP contribution in [0, 0.1) is 12.7 Å². The highest BCUT2D eigenvalue weighted by Gasteiger charge is 2.29. The van der Waals surface area contributed by atoms with Gasteiger partial charge < -0.3 is 4.90 Å². The predicted molar refractivity (Wildman–Crippen MR) is 115 cm³/mol. The number of halogens is 2. The Morgan fingerprint density at radius 2 is 1.76 bits per heavy atom. The fourth-order valence-corrected chi connectivity index (χ4v) is 5.76. The largest absolute Gasteiger partial charge is 0.345 e. The second-order valence-corrected chi connectivity index (χ2v) is 10.1.